The van der Waals surface area contributed by atoms with Gasteiger partial charge in [0.05, 0.1) is 15.4 Å². The summed E-state index contributed by atoms with van der Waals surface area (Å²) in [5, 5.41) is 1.25. The quantitative estimate of drug-likeness (QED) is 0.541. The maximum Gasteiger partial charge on any atom is 0.163 e. The second-order valence-corrected chi connectivity index (χ2v) is 6.69. The summed E-state index contributed by atoms with van der Waals surface area (Å²) in [6.07, 6.45) is 0. The van der Waals surface area contributed by atoms with E-state index in [2.05, 4.69) is 9.97 Å². The highest BCUT2D eigenvalue weighted by molar-refractivity contribution is 7.20. The fraction of sp³-hybridized carbons (Fsp3) is 0.0769. The van der Waals surface area contributed by atoms with Crippen molar-refractivity contribution >= 4 is 57.0 Å². The molecule has 0 saturated heterocycles. The van der Waals surface area contributed by atoms with Crippen LogP contribution in [0.1, 0.15) is 5.56 Å². The minimum absolute atomic E-state index is 0.419. The molecule has 0 aliphatic heterocycles. The van der Waals surface area contributed by atoms with E-state index in [0.29, 0.717) is 25.2 Å². The van der Waals surface area contributed by atoms with Crippen molar-refractivity contribution < 1.29 is 0 Å². The zero-order chi connectivity index (χ0) is 13.6. The third kappa shape index (κ3) is 2.32. The number of rotatable bonds is 1. The van der Waals surface area contributed by atoms with Crippen molar-refractivity contribution in [1.82, 2.24) is 9.97 Å². The Bertz CT molecular complexity index is 783. The summed E-state index contributed by atoms with van der Waals surface area (Å²) in [6.45, 7) is 1.98. The van der Waals surface area contributed by atoms with Crippen molar-refractivity contribution in [3.05, 3.63) is 43.7 Å². The maximum absolute atomic E-state index is 6.22. The first-order valence-corrected chi connectivity index (χ1v) is 7.39. The highest BCUT2D eigenvalue weighted by Crippen LogP contribution is 2.38. The standard InChI is InChI=1S/C13H7Cl3N2S/c1-6-3-2-4-7-10(6)17-13(18-11(7)15)8-5-9(14)19-12(8)16/h2-5H,1H3. The molecule has 0 radical (unpaired) electrons. The first-order chi connectivity index (χ1) is 9.06. The number of aryl methyl sites for hydroxylation is 1. The van der Waals surface area contributed by atoms with Gasteiger partial charge >= 0.3 is 0 Å². The Morgan fingerprint density at radius 1 is 1.11 bits per heavy atom. The molecule has 0 amide bonds. The van der Waals surface area contributed by atoms with Gasteiger partial charge in [-0.1, -0.05) is 46.9 Å². The molecule has 0 aliphatic rings. The topological polar surface area (TPSA) is 25.8 Å². The number of thiophene rings is 1. The first-order valence-electron chi connectivity index (χ1n) is 5.44. The molecular formula is C13H7Cl3N2S. The molecule has 3 aromatic rings. The first kappa shape index (κ1) is 13.1. The van der Waals surface area contributed by atoms with Gasteiger partial charge in [0.2, 0.25) is 0 Å². The van der Waals surface area contributed by atoms with Crippen LogP contribution in [-0.4, -0.2) is 9.97 Å². The normalized spacial score (nSPS) is 11.2. The van der Waals surface area contributed by atoms with E-state index in [9.17, 15) is 0 Å². The Hall–Kier alpha value is -0.870. The van der Waals surface area contributed by atoms with E-state index in [0.717, 1.165) is 16.5 Å². The lowest BCUT2D eigenvalue weighted by Gasteiger charge is -2.05. The van der Waals surface area contributed by atoms with E-state index in [4.69, 9.17) is 34.8 Å². The predicted molar refractivity (Wildman–Crippen MR) is 82.6 cm³/mol. The van der Waals surface area contributed by atoms with Gasteiger partial charge < -0.3 is 0 Å². The fourth-order valence-corrected chi connectivity index (χ4v) is 3.56. The van der Waals surface area contributed by atoms with Crippen LogP contribution in [0.4, 0.5) is 0 Å². The lowest BCUT2D eigenvalue weighted by atomic mass is 10.1. The van der Waals surface area contributed by atoms with Crippen LogP contribution in [0, 0.1) is 6.92 Å². The van der Waals surface area contributed by atoms with Gasteiger partial charge in [0.1, 0.15) is 9.49 Å². The number of halogens is 3. The van der Waals surface area contributed by atoms with Gasteiger partial charge in [-0.15, -0.1) is 11.3 Å². The van der Waals surface area contributed by atoms with Gasteiger partial charge in [-0.25, -0.2) is 9.97 Å². The molecular weight excluding hydrogens is 323 g/mol. The number of benzene rings is 1. The van der Waals surface area contributed by atoms with Gasteiger partial charge in [-0.05, 0) is 24.6 Å². The highest BCUT2D eigenvalue weighted by Gasteiger charge is 2.14. The highest BCUT2D eigenvalue weighted by atomic mass is 35.5. The van der Waals surface area contributed by atoms with Crippen LogP contribution in [0.15, 0.2) is 24.3 Å². The lowest BCUT2D eigenvalue weighted by Crippen LogP contribution is -1.93. The second-order valence-electron chi connectivity index (χ2n) is 4.05. The average molecular weight is 330 g/mol. The SMILES string of the molecule is Cc1cccc2c(Cl)nc(-c3cc(Cl)sc3Cl)nc12. The van der Waals surface area contributed by atoms with Crippen molar-refractivity contribution in [3.8, 4) is 11.4 Å². The Balaban J connectivity index is 2.32. The minimum Gasteiger partial charge on any atom is -0.228 e. The van der Waals surface area contributed by atoms with Crippen LogP contribution in [-0.2, 0) is 0 Å². The largest absolute Gasteiger partial charge is 0.228 e. The Morgan fingerprint density at radius 3 is 2.58 bits per heavy atom. The molecule has 2 heterocycles. The lowest BCUT2D eigenvalue weighted by molar-refractivity contribution is 1.22. The summed E-state index contributed by atoms with van der Waals surface area (Å²) in [5.74, 6) is 0.500. The summed E-state index contributed by atoms with van der Waals surface area (Å²) in [5.41, 5.74) is 2.58. The summed E-state index contributed by atoms with van der Waals surface area (Å²) < 4.78 is 1.17. The van der Waals surface area contributed by atoms with E-state index in [1.807, 2.05) is 25.1 Å². The van der Waals surface area contributed by atoms with Crippen LogP contribution < -0.4 is 0 Å². The number of hydrogen-bond acceptors (Lipinski definition) is 3. The molecule has 2 nitrogen and oxygen atoms in total. The van der Waals surface area contributed by atoms with Gasteiger partial charge in [-0.2, -0.15) is 0 Å². The Kier molecular flexibility index (Phi) is 3.39. The molecule has 0 bridgehead atoms. The molecule has 19 heavy (non-hydrogen) atoms. The molecule has 0 aliphatic carbocycles. The number of fused-ring (bicyclic) bond motifs is 1. The summed E-state index contributed by atoms with van der Waals surface area (Å²) in [6, 6.07) is 7.57. The number of nitrogens with zero attached hydrogens (tertiary/aromatic N) is 2. The van der Waals surface area contributed by atoms with Crippen molar-refractivity contribution in [2.75, 3.05) is 0 Å². The van der Waals surface area contributed by atoms with Crippen molar-refractivity contribution in [2.45, 2.75) is 6.92 Å². The van der Waals surface area contributed by atoms with E-state index < -0.39 is 0 Å². The molecule has 96 valence electrons. The van der Waals surface area contributed by atoms with Crippen LogP contribution in [0.25, 0.3) is 22.3 Å². The van der Waals surface area contributed by atoms with Gasteiger partial charge in [0.15, 0.2) is 5.82 Å². The number of para-hydroxylation sites is 1. The zero-order valence-electron chi connectivity index (χ0n) is 9.75. The summed E-state index contributed by atoms with van der Waals surface area (Å²) >= 11 is 19.6. The third-order valence-corrected chi connectivity index (χ3v) is 4.56. The number of aromatic nitrogens is 2. The van der Waals surface area contributed by atoms with Crippen molar-refractivity contribution in [2.24, 2.45) is 0 Å². The molecule has 0 fully saturated rings. The van der Waals surface area contributed by atoms with Gasteiger partial charge in [-0.3, -0.25) is 0 Å². The molecule has 0 atom stereocenters. The van der Waals surface area contributed by atoms with E-state index in [1.165, 1.54) is 11.3 Å². The van der Waals surface area contributed by atoms with E-state index in [1.54, 1.807) is 6.07 Å². The van der Waals surface area contributed by atoms with Gasteiger partial charge in [0, 0.05) is 5.39 Å². The molecule has 1 aromatic carbocycles. The molecule has 3 rings (SSSR count). The van der Waals surface area contributed by atoms with Crippen LogP contribution >= 0.6 is 46.1 Å². The van der Waals surface area contributed by atoms with Crippen LogP contribution in [0.2, 0.25) is 13.8 Å². The Labute approximate surface area is 129 Å². The van der Waals surface area contributed by atoms with E-state index >= 15 is 0 Å². The van der Waals surface area contributed by atoms with Crippen LogP contribution in [0.3, 0.4) is 0 Å². The third-order valence-electron chi connectivity index (χ3n) is 2.78. The monoisotopic (exact) mass is 328 g/mol. The second kappa shape index (κ2) is 4.91. The zero-order valence-corrected chi connectivity index (χ0v) is 12.8. The molecule has 0 spiro atoms. The predicted octanol–water partition coefficient (Wildman–Crippen LogP) is 5.63. The smallest absolute Gasteiger partial charge is 0.163 e. The molecule has 2 aromatic heterocycles. The van der Waals surface area contributed by atoms with Crippen molar-refractivity contribution in [3.63, 3.8) is 0 Å². The molecule has 0 unspecified atom stereocenters. The molecule has 0 saturated carbocycles. The maximum atomic E-state index is 6.22. The number of hydrogen-bond donors (Lipinski definition) is 0. The van der Waals surface area contributed by atoms with E-state index in [-0.39, 0.29) is 0 Å². The molecule has 0 N–H and O–H groups in total. The van der Waals surface area contributed by atoms with Crippen LogP contribution in [0.5, 0.6) is 0 Å². The summed E-state index contributed by atoms with van der Waals surface area (Å²) in [7, 11) is 0. The molecule has 6 heteroatoms. The average Bonchev–Trinajstić information content (AvgIpc) is 2.70. The fourth-order valence-electron chi connectivity index (χ4n) is 1.87. The Morgan fingerprint density at radius 2 is 1.89 bits per heavy atom. The van der Waals surface area contributed by atoms with Gasteiger partial charge in [0.25, 0.3) is 0 Å². The van der Waals surface area contributed by atoms with Crippen molar-refractivity contribution in [1.29, 1.82) is 0 Å². The summed E-state index contributed by atoms with van der Waals surface area (Å²) in [4.78, 5) is 8.85. The minimum atomic E-state index is 0.419.